The van der Waals surface area contributed by atoms with Crippen LogP contribution in [0.2, 0.25) is 0 Å². The normalized spacial score (nSPS) is 10.9. The van der Waals surface area contributed by atoms with Crippen LogP contribution in [0.4, 0.5) is 10.1 Å². The molecular formula is C23H22FN3O4S. The molecule has 1 N–H and O–H groups in total. The number of pyridine rings is 1. The number of nitriles is 1. The van der Waals surface area contributed by atoms with Crippen LogP contribution >= 0.6 is 0 Å². The topological polar surface area (TPSA) is 101 Å². The summed E-state index contributed by atoms with van der Waals surface area (Å²) in [5.74, 6) is -0.551. The summed E-state index contributed by atoms with van der Waals surface area (Å²) in [5, 5.41) is 9.56. The second-order valence-electron chi connectivity index (χ2n) is 6.82. The molecule has 0 radical (unpaired) electrons. The van der Waals surface area contributed by atoms with E-state index in [1.54, 1.807) is 24.3 Å². The Hall–Kier alpha value is -3.64. The summed E-state index contributed by atoms with van der Waals surface area (Å²) < 4.78 is 53.3. The van der Waals surface area contributed by atoms with E-state index in [9.17, 15) is 18.1 Å². The van der Waals surface area contributed by atoms with Crippen molar-refractivity contribution in [1.29, 1.82) is 5.26 Å². The van der Waals surface area contributed by atoms with Crippen molar-refractivity contribution in [2.75, 3.05) is 18.4 Å². The Morgan fingerprint density at radius 1 is 1.16 bits per heavy atom. The molecule has 166 valence electrons. The van der Waals surface area contributed by atoms with Crippen molar-refractivity contribution in [1.82, 2.24) is 4.98 Å². The number of aromatic nitrogens is 1. The van der Waals surface area contributed by atoms with Gasteiger partial charge in [-0.15, -0.1) is 0 Å². The molecule has 0 amide bonds. The number of benzene rings is 2. The average molecular weight is 456 g/mol. The van der Waals surface area contributed by atoms with Gasteiger partial charge in [0.05, 0.1) is 30.0 Å². The second kappa shape index (κ2) is 10.1. The van der Waals surface area contributed by atoms with Crippen molar-refractivity contribution in [3.63, 3.8) is 0 Å². The molecule has 2 aromatic carbocycles. The number of unbranched alkanes of at least 4 members (excludes halogenated alkanes) is 1. The van der Waals surface area contributed by atoms with Crippen LogP contribution in [-0.4, -0.2) is 27.1 Å². The highest BCUT2D eigenvalue weighted by molar-refractivity contribution is 7.92. The number of halogens is 1. The van der Waals surface area contributed by atoms with Crippen LogP contribution in [0.5, 0.6) is 11.6 Å². The average Bonchev–Trinajstić information content (AvgIpc) is 2.80. The summed E-state index contributed by atoms with van der Waals surface area (Å²) in [6.45, 7) is 2.33. The van der Waals surface area contributed by atoms with Crippen LogP contribution in [-0.2, 0) is 10.0 Å². The summed E-state index contributed by atoms with van der Waals surface area (Å²) in [6.07, 6.45) is 1.63. The van der Waals surface area contributed by atoms with E-state index in [4.69, 9.17) is 9.47 Å². The van der Waals surface area contributed by atoms with E-state index in [0.717, 1.165) is 12.8 Å². The van der Waals surface area contributed by atoms with Crippen LogP contribution in [0.15, 0.2) is 59.5 Å². The van der Waals surface area contributed by atoms with Crippen molar-refractivity contribution in [3.05, 3.63) is 66.0 Å². The SMILES string of the molecule is CCCCOc1nc(-c2ccc(OC)c(F)c2)c(NS(=O)(=O)c2ccccc2)cc1C#N. The van der Waals surface area contributed by atoms with E-state index in [2.05, 4.69) is 9.71 Å². The maximum Gasteiger partial charge on any atom is 0.261 e. The van der Waals surface area contributed by atoms with Gasteiger partial charge in [-0.2, -0.15) is 5.26 Å². The van der Waals surface area contributed by atoms with Gasteiger partial charge in [0, 0.05) is 5.56 Å². The number of hydrogen-bond donors (Lipinski definition) is 1. The lowest BCUT2D eigenvalue weighted by atomic mass is 10.1. The van der Waals surface area contributed by atoms with E-state index in [1.165, 1.54) is 37.4 Å². The minimum absolute atomic E-state index is 0.0258. The molecule has 0 spiro atoms. The minimum atomic E-state index is -3.98. The fourth-order valence-electron chi connectivity index (χ4n) is 2.91. The lowest BCUT2D eigenvalue weighted by molar-refractivity contribution is 0.297. The summed E-state index contributed by atoms with van der Waals surface area (Å²) in [5.41, 5.74) is 0.498. The van der Waals surface area contributed by atoms with Gasteiger partial charge in [0.1, 0.15) is 11.6 Å². The van der Waals surface area contributed by atoms with Crippen molar-refractivity contribution in [3.8, 4) is 29.0 Å². The van der Waals surface area contributed by atoms with Crippen molar-refractivity contribution in [2.45, 2.75) is 24.7 Å². The zero-order chi connectivity index (χ0) is 23.1. The Morgan fingerprint density at radius 3 is 2.53 bits per heavy atom. The van der Waals surface area contributed by atoms with E-state index >= 15 is 0 Å². The molecule has 0 bridgehead atoms. The van der Waals surface area contributed by atoms with Crippen LogP contribution in [0.25, 0.3) is 11.3 Å². The summed E-state index contributed by atoms with van der Waals surface area (Å²) in [4.78, 5) is 4.42. The molecule has 0 saturated carbocycles. The number of nitrogens with zero attached hydrogens (tertiary/aromatic N) is 2. The van der Waals surface area contributed by atoms with Crippen molar-refractivity contribution >= 4 is 15.7 Å². The number of sulfonamides is 1. The van der Waals surface area contributed by atoms with Crippen molar-refractivity contribution in [2.24, 2.45) is 0 Å². The molecule has 0 fully saturated rings. The molecule has 7 nitrogen and oxygen atoms in total. The standard InChI is InChI=1S/C23H22FN3O4S/c1-3-4-12-31-23-17(15-25)14-20(27-32(28,29)18-8-6-5-7-9-18)22(26-23)16-10-11-21(30-2)19(24)13-16/h5-11,13-14,27H,3-4,12H2,1-2H3. The van der Waals surface area contributed by atoms with Gasteiger partial charge in [0.15, 0.2) is 11.6 Å². The van der Waals surface area contributed by atoms with E-state index in [0.29, 0.717) is 12.2 Å². The number of rotatable bonds is 9. The first-order valence-corrected chi connectivity index (χ1v) is 11.4. The number of hydrogen-bond acceptors (Lipinski definition) is 6. The second-order valence-corrected chi connectivity index (χ2v) is 8.50. The van der Waals surface area contributed by atoms with Gasteiger partial charge in [-0.1, -0.05) is 31.5 Å². The van der Waals surface area contributed by atoms with Gasteiger partial charge in [-0.05, 0) is 42.8 Å². The Bertz CT molecular complexity index is 1240. The minimum Gasteiger partial charge on any atom is -0.494 e. The van der Waals surface area contributed by atoms with Gasteiger partial charge in [0.2, 0.25) is 5.88 Å². The maximum atomic E-state index is 14.4. The molecule has 32 heavy (non-hydrogen) atoms. The van der Waals surface area contributed by atoms with E-state index < -0.39 is 15.8 Å². The van der Waals surface area contributed by atoms with Gasteiger partial charge < -0.3 is 9.47 Å². The highest BCUT2D eigenvalue weighted by atomic mass is 32.2. The smallest absolute Gasteiger partial charge is 0.261 e. The Morgan fingerprint density at radius 2 is 1.91 bits per heavy atom. The zero-order valence-electron chi connectivity index (χ0n) is 17.6. The lowest BCUT2D eigenvalue weighted by Gasteiger charge is -2.16. The van der Waals surface area contributed by atoms with Crippen LogP contribution in [0.3, 0.4) is 0 Å². The van der Waals surface area contributed by atoms with Crippen LogP contribution in [0.1, 0.15) is 25.3 Å². The van der Waals surface area contributed by atoms with Gasteiger partial charge in [-0.25, -0.2) is 17.8 Å². The fraction of sp³-hybridized carbons (Fsp3) is 0.217. The van der Waals surface area contributed by atoms with E-state index in [-0.39, 0.29) is 33.5 Å². The third kappa shape index (κ3) is 5.15. The summed E-state index contributed by atoms with van der Waals surface area (Å²) in [7, 11) is -2.64. The third-order valence-electron chi connectivity index (χ3n) is 4.57. The third-order valence-corrected chi connectivity index (χ3v) is 5.95. The number of methoxy groups -OCH3 is 1. The molecule has 3 aromatic rings. The summed E-state index contributed by atoms with van der Waals surface area (Å²) >= 11 is 0. The molecule has 0 aliphatic rings. The molecule has 0 unspecified atom stereocenters. The number of anilines is 1. The zero-order valence-corrected chi connectivity index (χ0v) is 18.4. The largest absolute Gasteiger partial charge is 0.494 e. The van der Waals surface area contributed by atoms with Gasteiger partial charge >= 0.3 is 0 Å². The number of nitrogens with one attached hydrogen (secondary N) is 1. The van der Waals surface area contributed by atoms with Gasteiger partial charge in [-0.3, -0.25) is 4.72 Å². The molecule has 1 heterocycles. The van der Waals surface area contributed by atoms with Gasteiger partial charge in [0.25, 0.3) is 10.0 Å². The Balaban J connectivity index is 2.14. The predicted molar refractivity (Wildman–Crippen MR) is 119 cm³/mol. The fourth-order valence-corrected chi connectivity index (χ4v) is 3.99. The highest BCUT2D eigenvalue weighted by Crippen LogP contribution is 2.34. The van der Waals surface area contributed by atoms with Crippen LogP contribution < -0.4 is 14.2 Å². The molecule has 0 saturated heterocycles. The summed E-state index contributed by atoms with van der Waals surface area (Å²) in [6, 6.07) is 15.2. The van der Waals surface area contributed by atoms with Crippen LogP contribution in [0, 0.1) is 17.1 Å². The quantitative estimate of drug-likeness (QED) is 0.467. The molecule has 1 aromatic heterocycles. The molecule has 9 heteroatoms. The lowest BCUT2D eigenvalue weighted by Crippen LogP contribution is -2.15. The van der Waals surface area contributed by atoms with E-state index in [1.807, 2.05) is 13.0 Å². The molecular weight excluding hydrogens is 433 g/mol. The monoisotopic (exact) mass is 455 g/mol. The highest BCUT2D eigenvalue weighted by Gasteiger charge is 2.21. The molecule has 0 aliphatic heterocycles. The molecule has 0 aliphatic carbocycles. The van der Waals surface area contributed by atoms with Crippen molar-refractivity contribution < 1.29 is 22.3 Å². The Kier molecular flexibility index (Phi) is 7.28. The number of ether oxygens (including phenoxy) is 2. The first-order chi connectivity index (χ1) is 15.4. The predicted octanol–water partition coefficient (Wildman–Crippen LogP) is 4.75. The molecule has 0 atom stereocenters. The first-order valence-electron chi connectivity index (χ1n) is 9.89. The first kappa shape index (κ1) is 23.0. The Labute approximate surface area is 186 Å². The molecule has 3 rings (SSSR count). The maximum absolute atomic E-state index is 14.4.